The number of nitrogens with zero attached hydrogens (tertiary/aromatic N) is 4. The number of imidazole rings is 1. The molecule has 0 aliphatic carbocycles. The molecule has 0 aliphatic rings. The van der Waals surface area contributed by atoms with Gasteiger partial charge in [-0.05, 0) is 43.2 Å². The number of benzene rings is 1. The van der Waals surface area contributed by atoms with E-state index in [1.165, 1.54) is 0 Å². The van der Waals surface area contributed by atoms with Crippen molar-refractivity contribution in [3.8, 4) is 17.3 Å². The zero-order valence-electron chi connectivity index (χ0n) is 16.5. The number of halogens is 2. The fraction of sp³-hybridized carbons (Fsp3) is 0.286. The maximum Gasteiger partial charge on any atom is 0.159 e. The molecule has 0 unspecified atom stereocenters. The van der Waals surface area contributed by atoms with Crippen molar-refractivity contribution in [2.45, 2.75) is 27.3 Å². The molecule has 0 saturated carbocycles. The van der Waals surface area contributed by atoms with Gasteiger partial charge in [-0.2, -0.15) is 5.10 Å². The van der Waals surface area contributed by atoms with Gasteiger partial charge < -0.3 is 9.72 Å². The van der Waals surface area contributed by atoms with Crippen LogP contribution in [0, 0.1) is 12.8 Å². The number of aromatic amines is 1. The SMILES string of the molecule is Cc1cc(-c2nc3ccncc3[nH]2)nn1Cc1cc(Cl)ccc1OCC(C)C.Cl. The Balaban J connectivity index is 0.00000240. The van der Waals surface area contributed by atoms with Gasteiger partial charge in [0.1, 0.15) is 11.4 Å². The van der Waals surface area contributed by atoms with Crippen LogP contribution in [0.3, 0.4) is 0 Å². The molecule has 0 radical (unpaired) electrons. The number of fused-ring (bicyclic) bond motifs is 1. The molecule has 0 bridgehead atoms. The van der Waals surface area contributed by atoms with Gasteiger partial charge in [0.2, 0.25) is 0 Å². The van der Waals surface area contributed by atoms with Crippen LogP contribution in [0.5, 0.6) is 5.75 Å². The highest BCUT2D eigenvalue weighted by Crippen LogP contribution is 2.26. The first-order chi connectivity index (χ1) is 13.5. The Morgan fingerprint density at radius 2 is 2.03 bits per heavy atom. The first-order valence-electron chi connectivity index (χ1n) is 9.25. The van der Waals surface area contributed by atoms with Crippen LogP contribution in [0.4, 0.5) is 0 Å². The molecule has 6 nitrogen and oxygen atoms in total. The number of pyridine rings is 1. The lowest BCUT2D eigenvalue weighted by molar-refractivity contribution is 0.268. The molecule has 0 amide bonds. The second-order valence-electron chi connectivity index (χ2n) is 7.26. The topological polar surface area (TPSA) is 68.6 Å². The van der Waals surface area contributed by atoms with Gasteiger partial charge in [-0.25, -0.2) is 4.98 Å². The minimum Gasteiger partial charge on any atom is -0.493 e. The quantitative estimate of drug-likeness (QED) is 0.450. The highest BCUT2D eigenvalue weighted by molar-refractivity contribution is 6.30. The number of H-pyrrole nitrogens is 1. The van der Waals surface area contributed by atoms with E-state index in [9.17, 15) is 0 Å². The molecular weight excluding hydrogens is 409 g/mol. The summed E-state index contributed by atoms with van der Waals surface area (Å²) in [6, 6.07) is 9.61. The number of nitrogens with one attached hydrogen (secondary N) is 1. The van der Waals surface area contributed by atoms with Crippen molar-refractivity contribution < 1.29 is 4.74 Å². The van der Waals surface area contributed by atoms with Gasteiger partial charge in [0.25, 0.3) is 0 Å². The van der Waals surface area contributed by atoms with E-state index in [2.05, 4.69) is 28.8 Å². The zero-order chi connectivity index (χ0) is 19.7. The smallest absolute Gasteiger partial charge is 0.159 e. The first kappa shape index (κ1) is 21.1. The van der Waals surface area contributed by atoms with Crippen LogP contribution < -0.4 is 4.74 Å². The van der Waals surface area contributed by atoms with Crippen LogP contribution in [-0.4, -0.2) is 31.3 Å². The zero-order valence-corrected chi connectivity index (χ0v) is 18.1. The van der Waals surface area contributed by atoms with E-state index >= 15 is 0 Å². The molecule has 3 heterocycles. The maximum atomic E-state index is 6.23. The van der Waals surface area contributed by atoms with Gasteiger partial charge in [0.05, 0.1) is 30.4 Å². The molecular formula is C21H23Cl2N5O. The molecule has 4 aromatic rings. The van der Waals surface area contributed by atoms with Crippen molar-refractivity contribution in [1.82, 2.24) is 24.7 Å². The van der Waals surface area contributed by atoms with E-state index in [0.29, 0.717) is 24.1 Å². The van der Waals surface area contributed by atoms with Gasteiger partial charge in [0.15, 0.2) is 5.82 Å². The molecule has 0 fully saturated rings. The Bertz CT molecular complexity index is 1090. The summed E-state index contributed by atoms with van der Waals surface area (Å²) >= 11 is 6.23. The summed E-state index contributed by atoms with van der Waals surface area (Å²) in [7, 11) is 0. The Labute approximate surface area is 180 Å². The van der Waals surface area contributed by atoms with Crippen molar-refractivity contribution in [3.63, 3.8) is 0 Å². The third kappa shape index (κ3) is 4.71. The van der Waals surface area contributed by atoms with Gasteiger partial charge in [-0.15, -0.1) is 12.4 Å². The number of rotatable bonds is 6. The Hall–Kier alpha value is -2.57. The highest BCUT2D eigenvalue weighted by atomic mass is 35.5. The second kappa shape index (κ2) is 8.84. The van der Waals surface area contributed by atoms with Crippen LogP contribution in [0.2, 0.25) is 5.02 Å². The minimum absolute atomic E-state index is 0. The average Bonchev–Trinajstić information content (AvgIpc) is 3.24. The molecule has 1 N–H and O–H groups in total. The average molecular weight is 432 g/mol. The Morgan fingerprint density at radius 3 is 2.79 bits per heavy atom. The van der Waals surface area contributed by atoms with E-state index in [1.54, 1.807) is 12.4 Å². The Morgan fingerprint density at radius 1 is 1.21 bits per heavy atom. The second-order valence-corrected chi connectivity index (χ2v) is 7.70. The van der Waals surface area contributed by atoms with Crippen LogP contribution in [0.15, 0.2) is 42.7 Å². The van der Waals surface area contributed by atoms with Crippen molar-refractivity contribution in [1.29, 1.82) is 0 Å². The van der Waals surface area contributed by atoms with E-state index in [0.717, 1.165) is 39.6 Å². The first-order valence-corrected chi connectivity index (χ1v) is 9.63. The molecule has 8 heteroatoms. The van der Waals surface area contributed by atoms with Gasteiger partial charge >= 0.3 is 0 Å². The lowest BCUT2D eigenvalue weighted by Crippen LogP contribution is -2.09. The fourth-order valence-corrected chi connectivity index (χ4v) is 3.19. The van der Waals surface area contributed by atoms with Crippen molar-refractivity contribution in [2.24, 2.45) is 5.92 Å². The summed E-state index contributed by atoms with van der Waals surface area (Å²) in [5.41, 5.74) is 4.59. The molecule has 1 aromatic carbocycles. The molecule has 0 atom stereocenters. The van der Waals surface area contributed by atoms with E-state index in [-0.39, 0.29) is 12.4 Å². The van der Waals surface area contributed by atoms with Crippen molar-refractivity contribution in [2.75, 3.05) is 6.61 Å². The van der Waals surface area contributed by atoms with Crippen LogP contribution in [0.25, 0.3) is 22.6 Å². The summed E-state index contributed by atoms with van der Waals surface area (Å²) in [5.74, 6) is 2.01. The van der Waals surface area contributed by atoms with Gasteiger partial charge in [-0.1, -0.05) is 25.4 Å². The summed E-state index contributed by atoms with van der Waals surface area (Å²) in [5, 5.41) is 5.42. The number of hydrogen-bond acceptors (Lipinski definition) is 4. The Kier molecular flexibility index (Phi) is 6.45. The predicted octanol–water partition coefficient (Wildman–Crippen LogP) is 5.29. The molecule has 0 saturated heterocycles. The minimum atomic E-state index is 0. The highest BCUT2D eigenvalue weighted by Gasteiger charge is 2.13. The lowest BCUT2D eigenvalue weighted by atomic mass is 10.2. The third-order valence-corrected chi connectivity index (χ3v) is 4.66. The molecule has 0 aliphatic heterocycles. The number of hydrogen-bond donors (Lipinski definition) is 1. The number of aromatic nitrogens is 5. The van der Waals surface area contributed by atoms with Crippen LogP contribution in [0.1, 0.15) is 25.1 Å². The van der Waals surface area contributed by atoms with E-state index < -0.39 is 0 Å². The summed E-state index contributed by atoms with van der Waals surface area (Å²) in [4.78, 5) is 12.0. The molecule has 3 aromatic heterocycles. The summed E-state index contributed by atoms with van der Waals surface area (Å²) in [6.45, 7) is 7.51. The predicted molar refractivity (Wildman–Crippen MR) is 118 cm³/mol. The van der Waals surface area contributed by atoms with Crippen LogP contribution >= 0.6 is 24.0 Å². The van der Waals surface area contributed by atoms with Gasteiger partial charge in [0, 0.05) is 22.5 Å². The molecule has 29 heavy (non-hydrogen) atoms. The standard InChI is InChI=1S/C21H22ClN5O.ClH/c1-13(2)12-28-20-5-4-16(22)9-15(20)11-27-14(3)8-18(26-27)21-24-17-6-7-23-10-19(17)25-21;/h4-10,13H,11-12H2,1-3H3,(H,24,25);1H. The van der Waals surface area contributed by atoms with E-state index in [1.807, 2.05) is 41.9 Å². The maximum absolute atomic E-state index is 6.23. The summed E-state index contributed by atoms with van der Waals surface area (Å²) < 4.78 is 7.91. The molecule has 0 spiro atoms. The largest absolute Gasteiger partial charge is 0.493 e. The monoisotopic (exact) mass is 431 g/mol. The number of ether oxygens (including phenoxy) is 1. The van der Waals surface area contributed by atoms with Crippen molar-refractivity contribution in [3.05, 3.63) is 59.0 Å². The molecule has 152 valence electrons. The number of aryl methyl sites for hydroxylation is 1. The third-order valence-electron chi connectivity index (χ3n) is 4.42. The molecule has 4 rings (SSSR count). The normalized spacial score (nSPS) is 11.1. The van der Waals surface area contributed by atoms with Crippen LogP contribution in [-0.2, 0) is 6.54 Å². The summed E-state index contributed by atoms with van der Waals surface area (Å²) in [6.07, 6.45) is 3.49. The lowest BCUT2D eigenvalue weighted by Gasteiger charge is -2.14. The van der Waals surface area contributed by atoms with Crippen molar-refractivity contribution >= 4 is 35.0 Å². The van der Waals surface area contributed by atoms with E-state index in [4.69, 9.17) is 21.4 Å². The van der Waals surface area contributed by atoms with Gasteiger partial charge in [-0.3, -0.25) is 9.67 Å². The fourth-order valence-electron chi connectivity index (χ4n) is 2.99.